The molecule has 0 aromatic heterocycles. The highest BCUT2D eigenvalue weighted by molar-refractivity contribution is 6.02. The van der Waals surface area contributed by atoms with Crippen molar-refractivity contribution in [3.8, 4) is 5.75 Å². The van der Waals surface area contributed by atoms with Crippen LogP contribution in [0.5, 0.6) is 5.75 Å². The topological polar surface area (TPSA) is 41.6 Å². The van der Waals surface area contributed by atoms with E-state index in [1.807, 2.05) is 74.4 Å². The first kappa shape index (κ1) is 16.6. The van der Waals surface area contributed by atoms with Gasteiger partial charge in [-0.2, -0.15) is 0 Å². The van der Waals surface area contributed by atoms with Crippen molar-refractivity contribution in [1.82, 2.24) is 0 Å². The van der Waals surface area contributed by atoms with E-state index in [1.54, 1.807) is 6.08 Å². The summed E-state index contributed by atoms with van der Waals surface area (Å²) < 4.78 is 5.54. The zero-order chi connectivity index (χ0) is 16.7. The lowest BCUT2D eigenvalue weighted by Gasteiger charge is -2.12. The maximum Gasteiger partial charge on any atom is 0.248 e. The molecule has 1 amide bonds. The SMILES string of the molecule is CCOc1ccccc1/C=C/C(=O)Nc1ccc(N(C)C)cc1. The van der Waals surface area contributed by atoms with Crippen LogP contribution < -0.4 is 15.0 Å². The van der Waals surface area contributed by atoms with Gasteiger partial charge in [-0.25, -0.2) is 0 Å². The normalized spacial score (nSPS) is 10.6. The summed E-state index contributed by atoms with van der Waals surface area (Å²) in [6, 6.07) is 15.3. The van der Waals surface area contributed by atoms with Crippen LogP contribution in [0.3, 0.4) is 0 Å². The minimum atomic E-state index is -0.172. The van der Waals surface area contributed by atoms with Crippen LogP contribution in [0.15, 0.2) is 54.6 Å². The summed E-state index contributed by atoms with van der Waals surface area (Å²) in [5.41, 5.74) is 2.74. The molecule has 0 bridgehead atoms. The molecule has 120 valence electrons. The lowest BCUT2D eigenvalue weighted by atomic mass is 10.2. The first-order valence-electron chi connectivity index (χ1n) is 7.58. The summed E-state index contributed by atoms with van der Waals surface area (Å²) in [7, 11) is 3.96. The van der Waals surface area contributed by atoms with E-state index in [0.717, 1.165) is 22.7 Å². The van der Waals surface area contributed by atoms with Gasteiger partial charge in [-0.1, -0.05) is 18.2 Å². The Kier molecular flexibility index (Phi) is 5.80. The zero-order valence-corrected chi connectivity index (χ0v) is 13.7. The van der Waals surface area contributed by atoms with Gasteiger partial charge in [0.05, 0.1) is 6.61 Å². The van der Waals surface area contributed by atoms with Crippen LogP contribution in [0, 0.1) is 0 Å². The Hall–Kier alpha value is -2.75. The molecule has 0 fully saturated rings. The first-order chi connectivity index (χ1) is 11.1. The van der Waals surface area contributed by atoms with Crippen molar-refractivity contribution in [2.75, 3.05) is 30.9 Å². The van der Waals surface area contributed by atoms with Crippen LogP contribution >= 0.6 is 0 Å². The largest absolute Gasteiger partial charge is 0.493 e. The number of amides is 1. The Labute approximate surface area is 137 Å². The molecule has 0 aliphatic heterocycles. The van der Waals surface area contributed by atoms with Gasteiger partial charge in [0, 0.05) is 37.1 Å². The van der Waals surface area contributed by atoms with E-state index < -0.39 is 0 Å². The van der Waals surface area contributed by atoms with Crippen molar-refractivity contribution in [3.63, 3.8) is 0 Å². The van der Waals surface area contributed by atoms with Gasteiger partial charge in [-0.3, -0.25) is 4.79 Å². The monoisotopic (exact) mass is 310 g/mol. The van der Waals surface area contributed by atoms with Gasteiger partial charge in [-0.05, 0) is 43.3 Å². The number of hydrogen-bond acceptors (Lipinski definition) is 3. The fourth-order valence-corrected chi connectivity index (χ4v) is 2.10. The molecular formula is C19H22N2O2. The van der Waals surface area contributed by atoms with Crippen LogP contribution in [0.4, 0.5) is 11.4 Å². The molecular weight excluding hydrogens is 288 g/mol. The highest BCUT2D eigenvalue weighted by Crippen LogP contribution is 2.20. The quantitative estimate of drug-likeness (QED) is 0.825. The van der Waals surface area contributed by atoms with Gasteiger partial charge in [-0.15, -0.1) is 0 Å². The second-order valence-electron chi connectivity index (χ2n) is 5.23. The highest BCUT2D eigenvalue weighted by Gasteiger charge is 2.02. The number of nitrogens with one attached hydrogen (secondary N) is 1. The van der Waals surface area contributed by atoms with Gasteiger partial charge in [0.25, 0.3) is 0 Å². The number of anilines is 2. The van der Waals surface area contributed by atoms with Gasteiger partial charge in [0.2, 0.25) is 5.91 Å². The van der Waals surface area contributed by atoms with E-state index in [9.17, 15) is 4.79 Å². The van der Waals surface area contributed by atoms with Crippen LogP contribution in [0.1, 0.15) is 12.5 Å². The summed E-state index contributed by atoms with van der Waals surface area (Å²) >= 11 is 0. The molecule has 0 saturated heterocycles. The lowest BCUT2D eigenvalue weighted by molar-refractivity contribution is -0.111. The Morgan fingerprint density at radius 1 is 1.13 bits per heavy atom. The van der Waals surface area contributed by atoms with E-state index in [4.69, 9.17) is 4.74 Å². The molecule has 0 heterocycles. The molecule has 23 heavy (non-hydrogen) atoms. The summed E-state index contributed by atoms with van der Waals surface area (Å²) in [5, 5.41) is 2.84. The second-order valence-corrected chi connectivity index (χ2v) is 5.23. The van der Waals surface area contributed by atoms with Gasteiger partial charge < -0.3 is 15.0 Å². The first-order valence-corrected chi connectivity index (χ1v) is 7.58. The number of hydrogen-bond donors (Lipinski definition) is 1. The molecule has 4 heteroatoms. The van der Waals surface area contributed by atoms with Crippen molar-refractivity contribution in [1.29, 1.82) is 0 Å². The second kappa shape index (κ2) is 8.03. The van der Waals surface area contributed by atoms with Gasteiger partial charge in [0.1, 0.15) is 5.75 Å². The average molecular weight is 310 g/mol. The van der Waals surface area contributed by atoms with Crippen molar-refractivity contribution < 1.29 is 9.53 Å². The van der Waals surface area contributed by atoms with Crippen molar-refractivity contribution in [3.05, 3.63) is 60.2 Å². The molecule has 0 radical (unpaired) electrons. The molecule has 0 aliphatic carbocycles. The van der Waals surface area contributed by atoms with E-state index in [1.165, 1.54) is 6.08 Å². The molecule has 0 atom stereocenters. The predicted molar refractivity (Wildman–Crippen MR) is 96.0 cm³/mol. The molecule has 0 saturated carbocycles. The minimum Gasteiger partial charge on any atom is -0.493 e. The fraction of sp³-hybridized carbons (Fsp3) is 0.211. The zero-order valence-electron chi connectivity index (χ0n) is 13.7. The lowest BCUT2D eigenvalue weighted by Crippen LogP contribution is -2.10. The Morgan fingerprint density at radius 3 is 2.48 bits per heavy atom. The molecule has 2 aromatic carbocycles. The van der Waals surface area contributed by atoms with Crippen LogP contribution in [-0.2, 0) is 4.79 Å². The Bertz CT molecular complexity index is 676. The van der Waals surface area contributed by atoms with E-state index in [-0.39, 0.29) is 5.91 Å². The molecule has 0 aliphatic rings. The van der Waals surface area contributed by atoms with Crippen molar-refractivity contribution in [2.45, 2.75) is 6.92 Å². The Morgan fingerprint density at radius 2 is 1.83 bits per heavy atom. The third-order valence-corrected chi connectivity index (χ3v) is 3.28. The number of carbonyl (C=O) groups excluding carboxylic acids is 1. The molecule has 0 spiro atoms. The van der Waals surface area contributed by atoms with Crippen molar-refractivity contribution in [2.24, 2.45) is 0 Å². The summed E-state index contributed by atoms with van der Waals surface area (Å²) in [6.45, 7) is 2.53. The van der Waals surface area contributed by atoms with E-state index in [2.05, 4.69) is 5.32 Å². The van der Waals surface area contributed by atoms with Gasteiger partial charge in [0.15, 0.2) is 0 Å². The van der Waals surface area contributed by atoms with Crippen LogP contribution in [-0.4, -0.2) is 26.6 Å². The van der Waals surface area contributed by atoms with Crippen molar-refractivity contribution >= 4 is 23.4 Å². The molecule has 4 nitrogen and oxygen atoms in total. The summed E-state index contributed by atoms with van der Waals surface area (Å²) in [4.78, 5) is 14.0. The third-order valence-electron chi connectivity index (χ3n) is 3.28. The number of benzene rings is 2. The summed E-state index contributed by atoms with van der Waals surface area (Å²) in [5.74, 6) is 0.600. The minimum absolute atomic E-state index is 0.172. The van der Waals surface area contributed by atoms with Crippen LogP contribution in [0.2, 0.25) is 0 Å². The molecule has 1 N–H and O–H groups in total. The molecule has 2 aromatic rings. The third kappa shape index (κ3) is 4.88. The van der Waals surface area contributed by atoms with Crippen LogP contribution in [0.25, 0.3) is 6.08 Å². The highest BCUT2D eigenvalue weighted by atomic mass is 16.5. The van der Waals surface area contributed by atoms with Gasteiger partial charge >= 0.3 is 0 Å². The van der Waals surface area contributed by atoms with E-state index in [0.29, 0.717) is 6.61 Å². The number of nitrogens with zero attached hydrogens (tertiary/aromatic N) is 1. The predicted octanol–water partition coefficient (Wildman–Crippen LogP) is 3.80. The molecule has 0 unspecified atom stereocenters. The number of ether oxygens (including phenoxy) is 1. The number of para-hydroxylation sites is 1. The smallest absolute Gasteiger partial charge is 0.248 e. The number of rotatable bonds is 6. The average Bonchev–Trinajstić information content (AvgIpc) is 2.55. The fourth-order valence-electron chi connectivity index (χ4n) is 2.10. The maximum atomic E-state index is 12.0. The molecule has 2 rings (SSSR count). The van der Waals surface area contributed by atoms with E-state index >= 15 is 0 Å². The summed E-state index contributed by atoms with van der Waals surface area (Å²) in [6.07, 6.45) is 3.27. The standard InChI is InChI=1S/C19H22N2O2/c1-4-23-18-8-6-5-7-15(18)9-14-19(22)20-16-10-12-17(13-11-16)21(2)3/h5-14H,4H2,1-3H3,(H,20,22)/b14-9+. The Balaban J connectivity index is 2.01. The maximum absolute atomic E-state index is 12.0. The number of carbonyl (C=O) groups is 1.